The third-order valence-corrected chi connectivity index (χ3v) is 4.18. The highest BCUT2D eigenvalue weighted by molar-refractivity contribution is 7.92. The second-order valence-corrected chi connectivity index (χ2v) is 6.79. The minimum atomic E-state index is -3.68. The predicted molar refractivity (Wildman–Crippen MR) is 92.8 cm³/mol. The molecule has 3 N–H and O–H groups in total. The van der Waals surface area contributed by atoms with E-state index in [0.29, 0.717) is 11.4 Å². The summed E-state index contributed by atoms with van der Waals surface area (Å²) < 4.78 is 26.3. The smallest absolute Gasteiger partial charge is 0.264 e. The maximum Gasteiger partial charge on any atom is 0.264 e. The van der Waals surface area contributed by atoms with Crippen molar-refractivity contribution in [3.05, 3.63) is 42.2 Å². The maximum atomic E-state index is 12.0. The Morgan fingerprint density at radius 3 is 2.17 bits per heavy atom. The standard InChI is InChI=1S/C11H12N4O2S.C4H9NO/c1-8-6-7-13-11(14-8)15-18(16,17)10-4-2-9(12)3-5-10;1-4(6)5(2)3/h2-7H,12H2,1H3,(H,13,14,15);1-3H3. The quantitative estimate of drug-likeness (QED) is 0.804. The number of anilines is 2. The van der Waals surface area contributed by atoms with Crippen LogP contribution in [0, 0.1) is 6.92 Å². The van der Waals surface area contributed by atoms with Gasteiger partial charge in [-0.3, -0.25) is 4.79 Å². The van der Waals surface area contributed by atoms with Crippen molar-refractivity contribution < 1.29 is 13.2 Å². The highest BCUT2D eigenvalue weighted by Gasteiger charge is 2.15. The second kappa shape index (κ2) is 8.25. The number of nitrogens with one attached hydrogen (secondary N) is 1. The van der Waals surface area contributed by atoms with Crippen LogP contribution in [-0.4, -0.2) is 43.3 Å². The van der Waals surface area contributed by atoms with Gasteiger partial charge in [-0.05, 0) is 37.3 Å². The summed E-state index contributed by atoms with van der Waals surface area (Å²) in [6, 6.07) is 7.57. The Kier molecular flexibility index (Phi) is 6.66. The van der Waals surface area contributed by atoms with Gasteiger partial charge in [0.15, 0.2) is 0 Å². The number of sulfonamides is 1. The number of nitrogen functional groups attached to an aromatic ring is 1. The van der Waals surface area contributed by atoms with E-state index in [2.05, 4.69) is 14.7 Å². The summed E-state index contributed by atoms with van der Waals surface area (Å²) in [7, 11) is -0.228. The fraction of sp³-hybridized carbons (Fsp3) is 0.267. The van der Waals surface area contributed by atoms with Gasteiger partial charge in [0, 0.05) is 38.6 Å². The molecule has 1 aromatic heterocycles. The van der Waals surface area contributed by atoms with Gasteiger partial charge in [0.2, 0.25) is 11.9 Å². The Morgan fingerprint density at radius 2 is 1.71 bits per heavy atom. The topological polar surface area (TPSA) is 118 Å². The lowest BCUT2D eigenvalue weighted by atomic mass is 10.3. The summed E-state index contributed by atoms with van der Waals surface area (Å²) in [5, 5.41) is 0. The first-order valence-corrected chi connectivity index (χ1v) is 8.46. The lowest BCUT2D eigenvalue weighted by Gasteiger charge is -2.06. The highest BCUT2D eigenvalue weighted by atomic mass is 32.2. The van der Waals surface area contributed by atoms with Crippen molar-refractivity contribution in [3.63, 3.8) is 0 Å². The summed E-state index contributed by atoms with van der Waals surface area (Å²) in [5.41, 5.74) is 6.68. The van der Waals surface area contributed by atoms with E-state index in [-0.39, 0.29) is 16.8 Å². The van der Waals surface area contributed by atoms with Crippen LogP contribution in [0.1, 0.15) is 12.6 Å². The molecule has 2 rings (SSSR count). The number of nitrogens with two attached hydrogens (primary N) is 1. The van der Waals surface area contributed by atoms with E-state index >= 15 is 0 Å². The zero-order valence-corrected chi connectivity index (χ0v) is 14.8. The van der Waals surface area contributed by atoms with Crippen molar-refractivity contribution in [2.24, 2.45) is 0 Å². The molecular weight excluding hydrogens is 330 g/mol. The maximum absolute atomic E-state index is 12.0. The third kappa shape index (κ3) is 6.21. The van der Waals surface area contributed by atoms with Crippen LogP contribution in [0.25, 0.3) is 0 Å². The largest absolute Gasteiger partial charge is 0.399 e. The van der Waals surface area contributed by atoms with E-state index < -0.39 is 10.0 Å². The first-order valence-electron chi connectivity index (χ1n) is 6.97. The lowest BCUT2D eigenvalue weighted by molar-refractivity contribution is -0.126. The van der Waals surface area contributed by atoms with Gasteiger partial charge in [-0.15, -0.1) is 0 Å². The Morgan fingerprint density at radius 1 is 1.17 bits per heavy atom. The summed E-state index contributed by atoms with van der Waals surface area (Å²) in [5.74, 6) is 0.141. The van der Waals surface area contributed by atoms with Crippen LogP contribution in [-0.2, 0) is 14.8 Å². The molecule has 2 aromatic rings. The van der Waals surface area contributed by atoms with Gasteiger partial charge < -0.3 is 10.6 Å². The van der Waals surface area contributed by atoms with Crippen LogP contribution < -0.4 is 10.5 Å². The Labute approximate surface area is 141 Å². The molecule has 0 bridgehead atoms. The molecule has 0 aliphatic heterocycles. The Balaban J connectivity index is 0.000000413. The summed E-state index contributed by atoms with van der Waals surface area (Å²) in [6.07, 6.45) is 1.49. The number of carbonyl (C=O) groups is 1. The fourth-order valence-corrected chi connectivity index (χ4v) is 2.28. The highest BCUT2D eigenvalue weighted by Crippen LogP contribution is 2.14. The molecule has 0 atom stereocenters. The molecule has 1 aromatic carbocycles. The SMILES string of the molecule is CC(=O)N(C)C.Cc1ccnc(NS(=O)(=O)c2ccc(N)cc2)n1. The van der Waals surface area contributed by atoms with E-state index in [0.717, 1.165) is 0 Å². The zero-order chi connectivity index (χ0) is 18.3. The first kappa shape index (κ1) is 19.4. The molecule has 0 radical (unpaired) electrons. The minimum Gasteiger partial charge on any atom is -0.399 e. The number of aryl methyl sites for hydroxylation is 1. The summed E-state index contributed by atoms with van der Waals surface area (Å²) in [4.78, 5) is 19.5. The molecule has 0 unspecified atom stereocenters. The molecule has 0 aliphatic carbocycles. The van der Waals surface area contributed by atoms with Crippen molar-refractivity contribution in [1.29, 1.82) is 0 Å². The van der Waals surface area contributed by atoms with E-state index in [4.69, 9.17) is 5.73 Å². The van der Waals surface area contributed by atoms with Crippen LogP contribution in [0.15, 0.2) is 41.4 Å². The van der Waals surface area contributed by atoms with Crippen molar-refractivity contribution in [1.82, 2.24) is 14.9 Å². The van der Waals surface area contributed by atoms with Crippen molar-refractivity contribution in [2.75, 3.05) is 24.6 Å². The van der Waals surface area contributed by atoms with Crippen molar-refractivity contribution >= 4 is 27.6 Å². The van der Waals surface area contributed by atoms with Crippen molar-refractivity contribution in [2.45, 2.75) is 18.7 Å². The van der Waals surface area contributed by atoms with Gasteiger partial charge in [-0.1, -0.05) is 0 Å². The second-order valence-electron chi connectivity index (χ2n) is 5.11. The average molecular weight is 351 g/mol. The summed E-state index contributed by atoms with van der Waals surface area (Å²) in [6.45, 7) is 3.28. The van der Waals surface area contributed by atoms with Crippen LogP contribution in [0.5, 0.6) is 0 Å². The lowest BCUT2D eigenvalue weighted by Crippen LogP contribution is -2.17. The zero-order valence-electron chi connectivity index (χ0n) is 14.0. The molecule has 1 heterocycles. The van der Waals surface area contributed by atoms with E-state index in [1.54, 1.807) is 27.1 Å². The van der Waals surface area contributed by atoms with E-state index in [1.807, 2.05) is 0 Å². The summed E-state index contributed by atoms with van der Waals surface area (Å²) >= 11 is 0. The van der Waals surface area contributed by atoms with Crippen LogP contribution >= 0.6 is 0 Å². The van der Waals surface area contributed by atoms with Crippen LogP contribution in [0.3, 0.4) is 0 Å². The number of hydrogen-bond acceptors (Lipinski definition) is 6. The number of amides is 1. The average Bonchev–Trinajstić information content (AvgIpc) is 2.47. The molecule has 0 spiro atoms. The molecular formula is C15H21N5O3S. The first-order chi connectivity index (χ1) is 11.1. The number of benzene rings is 1. The molecule has 9 heteroatoms. The number of rotatable bonds is 3. The van der Waals surface area contributed by atoms with Gasteiger partial charge >= 0.3 is 0 Å². The van der Waals surface area contributed by atoms with Crippen LogP contribution in [0.2, 0.25) is 0 Å². The minimum absolute atomic E-state index is 0.0480. The van der Waals surface area contributed by atoms with Crippen LogP contribution in [0.4, 0.5) is 11.6 Å². The van der Waals surface area contributed by atoms with Gasteiger partial charge in [-0.25, -0.2) is 23.1 Å². The third-order valence-electron chi connectivity index (χ3n) is 2.84. The molecule has 24 heavy (non-hydrogen) atoms. The molecule has 0 saturated heterocycles. The number of carbonyl (C=O) groups excluding carboxylic acids is 1. The van der Waals surface area contributed by atoms with Gasteiger partial charge in [0.25, 0.3) is 10.0 Å². The van der Waals surface area contributed by atoms with Gasteiger partial charge in [0.05, 0.1) is 4.90 Å². The normalized spacial score (nSPS) is 10.3. The molecule has 0 aliphatic rings. The number of nitrogens with zero attached hydrogens (tertiary/aromatic N) is 3. The Hall–Kier alpha value is -2.68. The molecule has 0 saturated carbocycles. The monoisotopic (exact) mass is 351 g/mol. The molecule has 130 valence electrons. The van der Waals surface area contributed by atoms with Crippen molar-refractivity contribution in [3.8, 4) is 0 Å². The molecule has 1 amide bonds. The molecule has 0 fully saturated rings. The van der Waals surface area contributed by atoms with E-state index in [1.165, 1.54) is 42.3 Å². The Bertz CT molecular complexity index is 789. The molecule has 8 nitrogen and oxygen atoms in total. The van der Waals surface area contributed by atoms with Gasteiger partial charge in [-0.2, -0.15) is 0 Å². The fourth-order valence-electron chi connectivity index (χ4n) is 1.32. The number of aromatic nitrogens is 2. The van der Waals surface area contributed by atoms with Gasteiger partial charge in [0.1, 0.15) is 0 Å². The number of hydrogen-bond donors (Lipinski definition) is 2. The predicted octanol–water partition coefficient (Wildman–Crippen LogP) is 1.26. The van der Waals surface area contributed by atoms with E-state index in [9.17, 15) is 13.2 Å².